The molecule has 3 atom stereocenters. The average molecular weight is 429 g/mol. The summed E-state index contributed by atoms with van der Waals surface area (Å²) in [7, 11) is -1.74. The summed E-state index contributed by atoms with van der Waals surface area (Å²) in [5, 5.41) is 10.6. The molecule has 0 aromatic heterocycles. The van der Waals surface area contributed by atoms with E-state index in [1.807, 2.05) is 19.1 Å². The molecule has 2 aliphatic heterocycles. The van der Waals surface area contributed by atoms with Crippen LogP contribution in [-0.2, 0) is 20.3 Å². The van der Waals surface area contributed by atoms with E-state index in [-0.39, 0.29) is 17.1 Å². The third-order valence-corrected chi connectivity index (χ3v) is 6.50. The van der Waals surface area contributed by atoms with Crippen LogP contribution in [0.3, 0.4) is 0 Å². The number of aromatic hydroxyl groups is 1. The molecule has 0 saturated carbocycles. The van der Waals surface area contributed by atoms with Crippen LogP contribution in [0.4, 0.5) is 4.79 Å². The van der Waals surface area contributed by atoms with Crippen LogP contribution in [0.1, 0.15) is 44.4 Å². The first-order valence-corrected chi connectivity index (χ1v) is 10.8. The van der Waals surface area contributed by atoms with Crippen molar-refractivity contribution in [3.8, 4) is 11.5 Å². The van der Waals surface area contributed by atoms with Gasteiger partial charge in [0, 0.05) is 10.5 Å². The summed E-state index contributed by atoms with van der Waals surface area (Å²) in [6, 6.07) is 9.29. The van der Waals surface area contributed by atoms with Gasteiger partial charge in [0.2, 0.25) is 5.91 Å². The van der Waals surface area contributed by atoms with Gasteiger partial charge in [0.15, 0.2) is 0 Å². The van der Waals surface area contributed by atoms with Crippen LogP contribution in [0.15, 0.2) is 46.2 Å². The molecule has 0 spiro atoms. The molecule has 8 heteroatoms. The lowest BCUT2D eigenvalue weighted by Crippen LogP contribution is -2.39. The van der Waals surface area contributed by atoms with Crippen LogP contribution in [-0.4, -0.2) is 37.9 Å². The molecule has 2 heterocycles. The van der Waals surface area contributed by atoms with E-state index in [0.29, 0.717) is 16.2 Å². The van der Waals surface area contributed by atoms with E-state index in [0.717, 1.165) is 10.5 Å². The highest BCUT2D eigenvalue weighted by molar-refractivity contribution is 7.85. The van der Waals surface area contributed by atoms with Gasteiger partial charge < -0.3 is 14.6 Å². The molecule has 4 rings (SSSR count). The van der Waals surface area contributed by atoms with Gasteiger partial charge in [-0.15, -0.1) is 0 Å². The van der Waals surface area contributed by atoms with Crippen LogP contribution in [0, 0.1) is 6.92 Å². The summed E-state index contributed by atoms with van der Waals surface area (Å²) >= 11 is 0. The molecule has 2 aromatic carbocycles. The number of hydrogen-bond acceptors (Lipinski definition) is 6. The first kappa shape index (κ1) is 20.4. The number of phenols is 1. The number of hydrogen-bond donors (Lipinski definition) is 1. The van der Waals surface area contributed by atoms with Gasteiger partial charge in [0.05, 0.1) is 22.1 Å². The lowest BCUT2D eigenvalue weighted by atomic mass is 10.0. The number of phenolic OH excluding ortho intramolecular Hbond substituents is 1. The fraction of sp³-hybridized carbons (Fsp3) is 0.364. The molecule has 7 nitrogen and oxygen atoms in total. The van der Waals surface area contributed by atoms with Crippen molar-refractivity contribution in [2.75, 3.05) is 0 Å². The fourth-order valence-corrected chi connectivity index (χ4v) is 5.04. The first-order chi connectivity index (χ1) is 14.1. The minimum Gasteiger partial charge on any atom is -0.507 e. The zero-order valence-electron chi connectivity index (χ0n) is 17.2. The van der Waals surface area contributed by atoms with Gasteiger partial charge in [-0.3, -0.25) is 4.79 Å². The third kappa shape index (κ3) is 3.45. The second-order valence-electron chi connectivity index (χ2n) is 8.46. The van der Waals surface area contributed by atoms with Crippen molar-refractivity contribution in [2.45, 2.75) is 61.7 Å². The van der Waals surface area contributed by atoms with Crippen LogP contribution in [0.5, 0.6) is 11.5 Å². The zero-order chi connectivity index (χ0) is 21.8. The molecule has 158 valence electrons. The Bertz CT molecular complexity index is 1060. The van der Waals surface area contributed by atoms with Crippen molar-refractivity contribution < 1.29 is 28.4 Å². The van der Waals surface area contributed by atoms with Gasteiger partial charge in [-0.05, 0) is 52.0 Å². The molecule has 0 aliphatic carbocycles. The summed E-state index contributed by atoms with van der Waals surface area (Å²) < 4.78 is 24.7. The quantitative estimate of drug-likeness (QED) is 0.780. The molecule has 1 fully saturated rings. The van der Waals surface area contributed by atoms with Crippen molar-refractivity contribution in [2.24, 2.45) is 0 Å². The van der Waals surface area contributed by atoms with Crippen molar-refractivity contribution in [3.05, 3.63) is 47.5 Å². The Kier molecular flexibility index (Phi) is 4.85. The molecule has 1 saturated heterocycles. The molecule has 0 bridgehead atoms. The van der Waals surface area contributed by atoms with E-state index in [1.165, 1.54) is 6.07 Å². The van der Waals surface area contributed by atoms with Crippen LogP contribution < -0.4 is 4.74 Å². The van der Waals surface area contributed by atoms with Crippen molar-refractivity contribution in [3.63, 3.8) is 0 Å². The Hall–Kier alpha value is -2.87. The number of rotatable bonds is 2. The number of carbonyl (C=O) groups excluding carboxylic acids is 2. The molecule has 0 radical (unpaired) electrons. The Balaban J connectivity index is 1.80. The second kappa shape index (κ2) is 7.12. The largest absolute Gasteiger partial charge is 0.507 e. The third-order valence-electron chi connectivity index (χ3n) is 4.99. The zero-order valence-corrected chi connectivity index (χ0v) is 18.0. The average Bonchev–Trinajstić information content (AvgIpc) is 3.14. The maximum atomic E-state index is 13.4. The highest BCUT2D eigenvalue weighted by atomic mass is 32.2. The summed E-state index contributed by atoms with van der Waals surface area (Å²) in [5.41, 5.74) is 0.610. The number of aryl methyl sites for hydroxylation is 1. The van der Waals surface area contributed by atoms with Gasteiger partial charge in [-0.25, -0.2) is 13.9 Å². The smallest absolute Gasteiger partial charge is 0.417 e. The van der Waals surface area contributed by atoms with E-state index < -0.39 is 40.5 Å². The van der Waals surface area contributed by atoms with Gasteiger partial charge in [-0.1, -0.05) is 17.7 Å². The molecule has 2 aromatic rings. The molecular weight excluding hydrogens is 406 g/mol. The normalized spacial score (nSPS) is 21.1. The Morgan fingerprint density at radius 2 is 1.87 bits per heavy atom. The van der Waals surface area contributed by atoms with Gasteiger partial charge in [-0.2, -0.15) is 0 Å². The highest BCUT2D eigenvalue weighted by Gasteiger charge is 2.53. The monoisotopic (exact) mass is 429 g/mol. The molecule has 1 unspecified atom stereocenters. The molecular formula is C22H23NO6S. The van der Waals surface area contributed by atoms with Crippen molar-refractivity contribution >= 4 is 22.8 Å². The minimum atomic E-state index is -1.74. The topological polar surface area (TPSA) is 93.1 Å². The Morgan fingerprint density at radius 1 is 1.20 bits per heavy atom. The number of amides is 2. The number of ether oxygens (including phenoxy) is 2. The second-order valence-corrected chi connectivity index (χ2v) is 9.87. The Labute approximate surface area is 177 Å². The van der Waals surface area contributed by atoms with Gasteiger partial charge >= 0.3 is 6.09 Å². The number of carbonyl (C=O) groups is 2. The van der Waals surface area contributed by atoms with E-state index >= 15 is 0 Å². The lowest BCUT2D eigenvalue weighted by Gasteiger charge is -2.27. The molecule has 2 amide bonds. The van der Waals surface area contributed by atoms with Crippen LogP contribution in [0.25, 0.3) is 0 Å². The van der Waals surface area contributed by atoms with Crippen molar-refractivity contribution in [1.29, 1.82) is 0 Å². The van der Waals surface area contributed by atoms with E-state index in [1.54, 1.807) is 39.0 Å². The van der Waals surface area contributed by atoms with E-state index in [9.17, 15) is 18.9 Å². The number of fused-ring (bicyclic) bond motifs is 3. The minimum absolute atomic E-state index is 0.00401. The number of likely N-dealkylation sites (tertiary alicyclic amines) is 1. The number of nitrogens with zero attached hydrogens (tertiary/aromatic N) is 1. The fourth-order valence-electron chi connectivity index (χ4n) is 3.74. The molecule has 1 N–H and O–H groups in total. The SMILES string of the molecule is Cc1ccc(S(=O)c2c(O)ccc3c2[C@@H]2[C@@H](CC(=O)N2C(=O)OC(C)(C)C)O3)cc1. The van der Waals surface area contributed by atoms with Crippen LogP contribution in [0.2, 0.25) is 0 Å². The maximum absolute atomic E-state index is 13.4. The standard InChI is InChI=1S/C22H23NO6S/c1-12-5-7-13(8-6-12)30(27)20-14(24)9-10-15-18(20)19-16(28-15)11-17(25)23(19)21(26)29-22(2,3)4/h5-10,16,19,24H,11H2,1-4H3/t16-,19+,30?/m1/s1. The predicted molar refractivity (Wildman–Crippen MR) is 109 cm³/mol. The Morgan fingerprint density at radius 3 is 2.50 bits per heavy atom. The van der Waals surface area contributed by atoms with E-state index in [4.69, 9.17) is 9.47 Å². The first-order valence-electron chi connectivity index (χ1n) is 9.63. The summed E-state index contributed by atoms with van der Waals surface area (Å²) in [6.45, 7) is 7.06. The number of imide groups is 1. The maximum Gasteiger partial charge on any atom is 0.417 e. The van der Waals surface area contributed by atoms with E-state index in [2.05, 4.69) is 0 Å². The van der Waals surface area contributed by atoms with Gasteiger partial charge in [0.1, 0.15) is 29.2 Å². The summed E-state index contributed by atoms with van der Waals surface area (Å²) in [6.07, 6.45) is -1.40. The number of benzene rings is 2. The van der Waals surface area contributed by atoms with Crippen LogP contribution >= 0.6 is 0 Å². The van der Waals surface area contributed by atoms with Gasteiger partial charge in [0.25, 0.3) is 0 Å². The highest BCUT2D eigenvalue weighted by Crippen LogP contribution is 2.51. The summed E-state index contributed by atoms with van der Waals surface area (Å²) in [5.74, 6) is -0.208. The molecule has 30 heavy (non-hydrogen) atoms. The molecule has 2 aliphatic rings. The predicted octanol–water partition coefficient (Wildman–Crippen LogP) is 3.84. The van der Waals surface area contributed by atoms with Crippen molar-refractivity contribution in [1.82, 2.24) is 4.90 Å². The summed E-state index contributed by atoms with van der Waals surface area (Å²) in [4.78, 5) is 27.1. The lowest BCUT2D eigenvalue weighted by molar-refractivity contribution is -0.128.